The van der Waals surface area contributed by atoms with Crippen molar-refractivity contribution >= 4 is 17.2 Å². The molecule has 2 unspecified atom stereocenters. The number of hydrogen-bond donors (Lipinski definition) is 2. The molecule has 2 aromatic rings. The first-order chi connectivity index (χ1) is 11.0. The van der Waals surface area contributed by atoms with Crippen LogP contribution in [0.2, 0.25) is 0 Å². The van der Waals surface area contributed by atoms with E-state index in [9.17, 15) is 9.90 Å². The molecule has 1 aromatic carbocycles. The zero-order valence-corrected chi connectivity index (χ0v) is 14.7. The fourth-order valence-corrected chi connectivity index (χ4v) is 3.45. The average molecular weight is 333 g/mol. The number of carbonyl (C=O) groups excluding carboxylic acids is 1. The number of aliphatic hydroxyl groups is 1. The normalized spacial score (nSPS) is 13.4. The lowest BCUT2D eigenvalue weighted by Crippen LogP contribution is -2.36. The summed E-state index contributed by atoms with van der Waals surface area (Å²) in [5.41, 5.74) is 1.94. The van der Waals surface area contributed by atoms with Crippen molar-refractivity contribution in [3.05, 3.63) is 51.2 Å². The lowest BCUT2D eigenvalue weighted by atomic mass is 10.0. The lowest BCUT2D eigenvalue weighted by Gasteiger charge is -2.20. The van der Waals surface area contributed by atoms with E-state index in [1.165, 1.54) is 21.8 Å². The number of aryl methyl sites for hydroxylation is 2. The van der Waals surface area contributed by atoms with E-state index in [4.69, 9.17) is 4.74 Å². The van der Waals surface area contributed by atoms with E-state index in [0.717, 1.165) is 17.7 Å². The van der Waals surface area contributed by atoms with E-state index in [-0.39, 0.29) is 11.9 Å². The molecule has 2 N–H and O–H groups in total. The molecule has 0 radical (unpaired) electrons. The van der Waals surface area contributed by atoms with Crippen molar-refractivity contribution in [1.82, 2.24) is 5.32 Å². The van der Waals surface area contributed by atoms with Gasteiger partial charge in [0.2, 0.25) is 0 Å². The Bertz CT molecular complexity index is 663. The van der Waals surface area contributed by atoms with E-state index in [1.54, 1.807) is 38.3 Å². The molecule has 0 aliphatic rings. The summed E-state index contributed by atoms with van der Waals surface area (Å²) in [5, 5.41) is 13.3. The van der Waals surface area contributed by atoms with Gasteiger partial charge in [-0.3, -0.25) is 4.79 Å². The van der Waals surface area contributed by atoms with Gasteiger partial charge in [-0.05, 0) is 49.6 Å². The SMILES string of the molecule is CCc1cc(C(=O)NC(C)C(O)c2ccc(OC)cc2)sc1C. The monoisotopic (exact) mass is 333 g/mol. The molecule has 2 atom stereocenters. The lowest BCUT2D eigenvalue weighted by molar-refractivity contribution is 0.0856. The third-order valence-electron chi connectivity index (χ3n) is 3.91. The minimum Gasteiger partial charge on any atom is -0.497 e. The molecule has 1 amide bonds. The minimum atomic E-state index is -0.767. The van der Waals surface area contributed by atoms with Gasteiger partial charge in [-0.25, -0.2) is 0 Å². The van der Waals surface area contributed by atoms with Crippen molar-refractivity contribution in [3.63, 3.8) is 0 Å². The maximum absolute atomic E-state index is 12.3. The number of hydrogen-bond acceptors (Lipinski definition) is 4. The number of benzene rings is 1. The van der Waals surface area contributed by atoms with E-state index in [2.05, 4.69) is 12.2 Å². The quantitative estimate of drug-likeness (QED) is 0.851. The van der Waals surface area contributed by atoms with Crippen LogP contribution in [-0.2, 0) is 6.42 Å². The van der Waals surface area contributed by atoms with Gasteiger partial charge in [0.1, 0.15) is 5.75 Å². The Balaban J connectivity index is 2.04. The molecule has 0 bridgehead atoms. The molecule has 0 aliphatic carbocycles. The standard InChI is InChI=1S/C18H23NO3S/c1-5-13-10-16(23-12(13)3)18(21)19-11(2)17(20)14-6-8-15(22-4)9-7-14/h6-11,17,20H,5H2,1-4H3,(H,19,21). The van der Waals surface area contributed by atoms with Gasteiger partial charge in [-0.2, -0.15) is 0 Å². The number of aliphatic hydroxyl groups excluding tert-OH is 1. The maximum atomic E-state index is 12.3. The van der Waals surface area contributed by atoms with Gasteiger partial charge >= 0.3 is 0 Å². The molecule has 1 heterocycles. The summed E-state index contributed by atoms with van der Waals surface area (Å²) >= 11 is 1.49. The highest BCUT2D eigenvalue weighted by molar-refractivity contribution is 7.14. The van der Waals surface area contributed by atoms with Crippen LogP contribution in [0.25, 0.3) is 0 Å². The third-order valence-corrected chi connectivity index (χ3v) is 5.01. The molecule has 0 spiro atoms. The van der Waals surface area contributed by atoms with E-state index in [0.29, 0.717) is 4.88 Å². The van der Waals surface area contributed by atoms with Gasteiger partial charge in [0.15, 0.2) is 0 Å². The number of methoxy groups -OCH3 is 1. The Morgan fingerprint density at radius 2 is 2.00 bits per heavy atom. The van der Waals surface area contributed by atoms with Crippen molar-refractivity contribution in [2.75, 3.05) is 7.11 Å². The van der Waals surface area contributed by atoms with Crippen LogP contribution in [0.3, 0.4) is 0 Å². The van der Waals surface area contributed by atoms with Crippen LogP contribution in [0.4, 0.5) is 0 Å². The van der Waals surface area contributed by atoms with Gasteiger partial charge in [0, 0.05) is 4.88 Å². The summed E-state index contributed by atoms with van der Waals surface area (Å²) in [6.45, 7) is 5.90. The largest absolute Gasteiger partial charge is 0.497 e. The molecule has 4 nitrogen and oxygen atoms in total. The van der Waals surface area contributed by atoms with Crippen LogP contribution >= 0.6 is 11.3 Å². The highest BCUT2D eigenvalue weighted by Crippen LogP contribution is 2.24. The molecule has 0 fully saturated rings. The first-order valence-corrected chi connectivity index (χ1v) is 8.50. The second kappa shape index (κ2) is 7.62. The Morgan fingerprint density at radius 1 is 1.35 bits per heavy atom. The second-order valence-corrected chi connectivity index (χ2v) is 6.78. The highest BCUT2D eigenvalue weighted by Gasteiger charge is 2.20. The van der Waals surface area contributed by atoms with Crippen LogP contribution < -0.4 is 10.1 Å². The van der Waals surface area contributed by atoms with Crippen molar-refractivity contribution in [3.8, 4) is 5.75 Å². The molecule has 124 valence electrons. The van der Waals surface area contributed by atoms with Crippen LogP contribution in [0.5, 0.6) is 5.75 Å². The number of carbonyl (C=O) groups is 1. The summed E-state index contributed by atoms with van der Waals surface area (Å²) < 4.78 is 5.11. The Kier molecular flexibility index (Phi) is 5.80. The molecule has 0 aliphatic heterocycles. The Hall–Kier alpha value is -1.85. The Labute approximate surface area is 141 Å². The minimum absolute atomic E-state index is 0.141. The van der Waals surface area contributed by atoms with Crippen molar-refractivity contribution in [1.29, 1.82) is 0 Å². The molecule has 5 heteroatoms. The first-order valence-electron chi connectivity index (χ1n) is 7.68. The van der Waals surface area contributed by atoms with E-state index >= 15 is 0 Å². The van der Waals surface area contributed by atoms with Gasteiger partial charge in [0.05, 0.1) is 24.1 Å². The summed E-state index contributed by atoms with van der Waals surface area (Å²) in [6.07, 6.45) is 0.149. The summed E-state index contributed by atoms with van der Waals surface area (Å²) in [6, 6.07) is 8.74. The van der Waals surface area contributed by atoms with Crippen molar-refractivity contribution < 1.29 is 14.6 Å². The molecule has 0 saturated heterocycles. The number of amides is 1. The highest BCUT2D eigenvalue weighted by atomic mass is 32.1. The first kappa shape index (κ1) is 17.5. The van der Waals surface area contributed by atoms with Crippen LogP contribution in [0, 0.1) is 6.92 Å². The fraction of sp³-hybridized carbons (Fsp3) is 0.389. The number of nitrogens with one attached hydrogen (secondary N) is 1. The van der Waals surface area contributed by atoms with Crippen molar-refractivity contribution in [2.45, 2.75) is 39.3 Å². The Morgan fingerprint density at radius 3 is 2.52 bits per heavy atom. The zero-order chi connectivity index (χ0) is 17.0. The van der Waals surface area contributed by atoms with E-state index < -0.39 is 6.10 Å². The molecule has 1 aromatic heterocycles. The van der Waals surface area contributed by atoms with Gasteiger partial charge < -0.3 is 15.2 Å². The van der Waals surface area contributed by atoms with Gasteiger partial charge in [-0.1, -0.05) is 19.1 Å². The van der Waals surface area contributed by atoms with Crippen molar-refractivity contribution in [2.24, 2.45) is 0 Å². The predicted octanol–water partition coefficient (Wildman–Crippen LogP) is 3.48. The van der Waals surface area contributed by atoms with E-state index in [1.807, 2.05) is 13.0 Å². The smallest absolute Gasteiger partial charge is 0.261 e. The van der Waals surface area contributed by atoms with Crippen LogP contribution in [-0.4, -0.2) is 24.2 Å². The fourth-order valence-electron chi connectivity index (χ4n) is 2.43. The summed E-state index contributed by atoms with van der Waals surface area (Å²) in [7, 11) is 1.60. The zero-order valence-electron chi connectivity index (χ0n) is 13.9. The third kappa shape index (κ3) is 4.12. The van der Waals surface area contributed by atoms with Gasteiger partial charge in [-0.15, -0.1) is 11.3 Å². The number of ether oxygens (including phenoxy) is 1. The maximum Gasteiger partial charge on any atom is 0.261 e. The summed E-state index contributed by atoms with van der Waals surface area (Å²) in [4.78, 5) is 14.2. The topological polar surface area (TPSA) is 58.6 Å². The molecular weight excluding hydrogens is 310 g/mol. The van der Waals surface area contributed by atoms with Crippen LogP contribution in [0.1, 0.15) is 45.6 Å². The second-order valence-electron chi connectivity index (χ2n) is 5.53. The molecular formula is C18H23NO3S. The number of thiophene rings is 1. The number of rotatable bonds is 6. The van der Waals surface area contributed by atoms with Crippen LogP contribution in [0.15, 0.2) is 30.3 Å². The average Bonchev–Trinajstić information content (AvgIpc) is 2.95. The van der Waals surface area contributed by atoms with Gasteiger partial charge in [0.25, 0.3) is 5.91 Å². The summed E-state index contributed by atoms with van der Waals surface area (Å²) in [5.74, 6) is 0.594. The molecule has 2 rings (SSSR count). The molecule has 23 heavy (non-hydrogen) atoms. The predicted molar refractivity (Wildman–Crippen MR) is 93.3 cm³/mol. The molecule has 0 saturated carbocycles.